The molecule has 1 unspecified atom stereocenters. The van der Waals surface area contributed by atoms with Crippen LogP contribution >= 0.6 is 11.6 Å². The van der Waals surface area contributed by atoms with E-state index < -0.39 is 16.9 Å². The first-order valence-corrected chi connectivity index (χ1v) is 8.93. The van der Waals surface area contributed by atoms with Crippen LogP contribution in [0.2, 0.25) is 5.02 Å². The Morgan fingerprint density at radius 2 is 2.04 bits per heavy atom. The molecule has 1 aromatic carbocycles. The molecule has 0 radical (unpaired) electrons. The lowest BCUT2D eigenvalue weighted by Crippen LogP contribution is -2.52. The summed E-state index contributed by atoms with van der Waals surface area (Å²) >= 11 is 6.01. The molecule has 26 heavy (non-hydrogen) atoms. The number of rotatable bonds is 5. The second kappa shape index (κ2) is 8.95. The lowest BCUT2D eigenvalue weighted by molar-refractivity contribution is -0.384. The average molecular weight is 383 g/mol. The SMILES string of the molecule is CC(C)C(NC(=O)c1ccc([N+](=O)[O-])cc1Cl)C(=O)N1CCCNCC1. The summed E-state index contributed by atoms with van der Waals surface area (Å²) in [5, 5.41) is 16.7. The van der Waals surface area contributed by atoms with Crippen LogP contribution in [0, 0.1) is 16.0 Å². The van der Waals surface area contributed by atoms with Crippen molar-refractivity contribution in [1.29, 1.82) is 0 Å². The van der Waals surface area contributed by atoms with Gasteiger partial charge in [0.15, 0.2) is 0 Å². The maximum Gasteiger partial charge on any atom is 0.270 e. The zero-order chi connectivity index (χ0) is 19.3. The predicted molar refractivity (Wildman–Crippen MR) is 98.3 cm³/mol. The molecule has 9 heteroatoms. The third kappa shape index (κ3) is 4.92. The predicted octanol–water partition coefficient (Wildman–Crippen LogP) is 1.82. The van der Waals surface area contributed by atoms with Crippen molar-refractivity contribution in [2.45, 2.75) is 26.3 Å². The van der Waals surface area contributed by atoms with Crippen LogP contribution in [-0.2, 0) is 4.79 Å². The smallest absolute Gasteiger partial charge is 0.270 e. The third-order valence-electron chi connectivity index (χ3n) is 4.28. The van der Waals surface area contributed by atoms with Crippen LogP contribution in [0.25, 0.3) is 0 Å². The molecular formula is C17H23ClN4O4. The molecule has 142 valence electrons. The van der Waals surface area contributed by atoms with Gasteiger partial charge in [-0.05, 0) is 24.9 Å². The molecule has 0 bridgehead atoms. The molecule has 1 heterocycles. The van der Waals surface area contributed by atoms with Gasteiger partial charge in [0.05, 0.1) is 15.5 Å². The van der Waals surface area contributed by atoms with Gasteiger partial charge in [0, 0.05) is 31.8 Å². The number of nitro benzene ring substituents is 1. The van der Waals surface area contributed by atoms with E-state index in [0.717, 1.165) is 25.6 Å². The topological polar surface area (TPSA) is 105 Å². The summed E-state index contributed by atoms with van der Waals surface area (Å²) in [5.74, 6) is -0.764. The molecule has 1 atom stereocenters. The standard InChI is InChI=1S/C17H23ClN4O4/c1-11(2)15(17(24)21-8-3-6-19-7-9-21)20-16(23)13-5-4-12(22(25)26)10-14(13)18/h4-5,10-11,15,19H,3,6-9H2,1-2H3,(H,20,23). The lowest BCUT2D eigenvalue weighted by Gasteiger charge is -2.28. The fourth-order valence-electron chi connectivity index (χ4n) is 2.80. The molecule has 1 saturated heterocycles. The molecule has 0 saturated carbocycles. The van der Waals surface area contributed by atoms with Crippen molar-refractivity contribution in [1.82, 2.24) is 15.5 Å². The lowest BCUT2D eigenvalue weighted by atomic mass is 10.0. The number of carbonyl (C=O) groups excluding carboxylic acids is 2. The van der Waals surface area contributed by atoms with Crippen molar-refractivity contribution in [3.05, 3.63) is 38.9 Å². The summed E-state index contributed by atoms with van der Waals surface area (Å²) < 4.78 is 0. The number of nitrogens with one attached hydrogen (secondary N) is 2. The van der Waals surface area contributed by atoms with Crippen molar-refractivity contribution in [3.8, 4) is 0 Å². The first kappa shape index (κ1) is 20.1. The second-order valence-corrected chi connectivity index (χ2v) is 6.95. The second-order valence-electron chi connectivity index (χ2n) is 6.55. The Bertz CT molecular complexity index is 687. The molecular weight excluding hydrogens is 360 g/mol. The third-order valence-corrected chi connectivity index (χ3v) is 4.59. The Labute approximate surface area is 157 Å². The van der Waals surface area contributed by atoms with Gasteiger partial charge >= 0.3 is 0 Å². The summed E-state index contributed by atoms with van der Waals surface area (Å²) in [6.45, 7) is 6.53. The van der Waals surface area contributed by atoms with Crippen LogP contribution in [0.3, 0.4) is 0 Å². The van der Waals surface area contributed by atoms with Gasteiger partial charge in [0.25, 0.3) is 11.6 Å². The number of amides is 2. The molecule has 1 fully saturated rings. The van der Waals surface area contributed by atoms with E-state index in [0.29, 0.717) is 13.1 Å². The normalized spacial score (nSPS) is 16.1. The van der Waals surface area contributed by atoms with Crippen molar-refractivity contribution in [3.63, 3.8) is 0 Å². The number of nitro groups is 1. The Morgan fingerprint density at radius 3 is 2.65 bits per heavy atom. The highest BCUT2D eigenvalue weighted by Gasteiger charge is 2.30. The number of nitrogens with zero attached hydrogens (tertiary/aromatic N) is 2. The van der Waals surface area contributed by atoms with E-state index in [1.807, 2.05) is 13.8 Å². The van der Waals surface area contributed by atoms with Gasteiger partial charge in [-0.25, -0.2) is 0 Å². The zero-order valence-electron chi connectivity index (χ0n) is 14.8. The van der Waals surface area contributed by atoms with Crippen LogP contribution in [0.4, 0.5) is 5.69 Å². The van der Waals surface area contributed by atoms with Crippen LogP contribution in [0.15, 0.2) is 18.2 Å². The molecule has 1 aliphatic heterocycles. The highest BCUT2D eigenvalue weighted by atomic mass is 35.5. The van der Waals surface area contributed by atoms with Gasteiger partial charge in [-0.2, -0.15) is 0 Å². The van der Waals surface area contributed by atoms with Crippen LogP contribution in [0.5, 0.6) is 0 Å². The summed E-state index contributed by atoms with van der Waals surface area (Å²) in [4.78, 5) is 37.4. The maximum absolute atomic E-state index is 12.8. The molecule has 2 N–H and O–H groups in total. The number of non-ortho nitro benzene ring substituents is 1. The fourth-order valence-corrected chi connectivity index (χ4v) is 3.06. The summed E-state index contributed by atoms with van der Waals surface area (Å²) in [7, 11) is 0. The number of carbonyl (C=O) groups is 2. The minimum Gasteiger partial charge on any atom is -0.340 e. The van der Waals surface area contributed by atoms with Crippen molar-refractivity contribution in [2.24, 2.45) is 5.92 Å². The monoisotopic (exact) mass is 382 g/mol. The van der Waals surface area contributed by atoms with Gasteiger partial charge in [0.2, 0.25) is 5.91 Å². The van der Waals surface area contributed by atoms with Gasteiger partial charge in [-0.15, -0.1) is 0 Å². The van der Waals surface area contributed by atoms with Crippen molar-refractivity contribution >= 4 is 29.1 Å². The molecule has 0 aromatic heterocycles. The minimum atomic E-state index is -0.688. The Kier molecular flexibility index (Phi) is 6.93. The van der Waals surface area contributed by atoms with E-state index in [4.69, 9.17) is 11.6 Å². The molecule has 1 aromatic rings. The highest BCUT2D eigenvalue weighted by Crippen LogP contribution is 2.23. The Morgan fingerprint density at radius 1 is 1.31 bits per heavy atom. The molecule has 1 aliphatic rings. The van der Waals surface area contributed by atoms with E-state index in [1.54, 1.807) is 4.90 Å². The minimum absolute atomic E-state index is 0.0226. The number of hydrogen-bond donors (Lipinski definition) is 2. The summed E-state index contributed by atoms with van der Waals surface area (Å²) in [5.41, 5.74) is -0.0895. The maximum atomic E-state index is 12.8. The number of hydrogen-bond acceptors (Lipinski definition) is 5. The Balaban J connectivity index is 2.15. The van der Waals surface area contributed by atoms with Gasteiger partial charge in [-0.1, -0.05) is 25.4 Å². The van der Waals surface area contributed by atoms with Crippen LogP contribution < -0.4 is 10.6 Å². The van der Waals surface area contributed by atoms with E-state index >= 15 is 0 Å². The van der Waals surface area contributed by atoms with E-state index in [2.05, 4.69) is 10.6 Å². The zero-order valence-corrected chi connectivity index (χ0v) is 15.6. The summed E-state index contributed by atoms with van der Waals surface area (Å²) in [6.07, 6.45) is 0.860. The Hall–Kier alpha value is -2.19. The van der Waals surface area contributed by atoms with Gasteiger partial charge in [-0.3, -0.25) is 19.7 Å². The molecule has 2 amide bonds. The first-order valence-electron chi connectivity index (χ1n) is 8.55. The quantitative estimate of drug-likeness (QED) is 0.597. The number of benzene rings is 1. The van der Waals surface area contributed by atoms with E-state index in [9.17, 15) is 19.7 Å². The van der Waals surface area contributed by atoms with E-state index in [-0.39, 0.29) is 28.1 Å². The largest absolute Gasteiger partial charge is 0.340 e. The van der Waals surface area contributed by atoms with Crippen LogP contribution in [0.1, 0.15) is 30.6 Å². The fraction of sp³-hybridized carbons (Fsp3) is 0.529. The first-order chi connectivity index (χ1) is 12.3. The van der Waals surface area contributed by atoms with Crippen molar-refractivity contribution < 1.29 is 14.5 Å². The van der Waals surface area contributed by atoms with Gasteiger partial charge < -0.3 is 15.5 Å². The van der Waals surface area contributed by atoms with Crippen molar-refractivity contribution in [2.75, 3.05) is 26.2 Å². The molecule has 8 nitrogen and oxygen atoms in total. The van der Waals surface area contributed by atoms with E-state index in [1.165, 1.54) is 12.1 Å². The summed E-state index contributed by atoms with van der Waals surface area (Å²) in [6, 6.07) is 2.95. The average Bonchev–Trinajstić information content (AvgIpc) is 2.87. The molecule has 2 rings (SSSR count). The molecule has 0 spiro atoms. The molecule has 0 aliphatic carbocycles. The van der Waals surface area contributed by atoms with Gasteiger partial charge in [0.1, 0.15) is 6.04 Å². The number of halogens is 1. The van der Waals surface area contributed by atoms with Crippen LogP contribution in [-0.4, -0.2) is 53.9 Å². The highest BCUT2D eigenvalue weighted by molar-refractivity contribution is 6.34.